The molecule has 4 heteroatoms. The first kappa shape index (κ1) is 11.0. The molecule has 3 aromatic rings. The predicted octanol–water partition coefficient (Wildman–Crippen LogP) is 3.79. The molecule has 0 aliphatic carbocycles. The lowest BCUT2D eigenvalue weighted by Crippen LogP contribution is -1.83. The molecule has 18 heavy (non-hydrogen) atoms. The first-order valence-corrected chi connectivity index (χ1v) is 5.94. The topological polar surface area (TPSA) is 41.6 Å². The minimum Gasteiger partial charge on any atom is -0.197 e. The number of H-pyrrole nitrogens is 1. The van der Waals surface area contributed by atoms with Crippen LogP contribution in [0.1, 0.15) is 0 Å². The summed E-state index contributed by atoms with van der Waals surface area (Å²) in [6, 6.07) is 17.5. The minimum atomic E-state index is 0.712. The molecule has 0 aliphatic heterocycles. The number of nitrogens with zero attached hydrogens (tertiary/aromatic N) is 2. The first-order valence-electron chi connectivity index (χ1n) is 5.57. The second kappa shape index (κ2) is 4.63. The third kappa shape index (κ3) is 2.00. The molecule has 0 fully saturated rings. The lowest BCUT2D eigenvalue weighted by molar-refractivity contribution is 0.944. The van der Waals surface area contributed by atoms with Crippen LogP contribution in [0.3, 0.4) is 0 Å². The highest BCUT2D eigenvalue weighted by atomic mass is 35.5. The summed E-state index contributed by atoms with van der Waals surface area (Å²) in [5, 5.41) is 11.8. The molecular weight excluding hydrogens is 246 g/mol. The summed E-state index contributed by atoms with van der Waals surface area (Å²) in [5.41, 5.74) is 3.71. The Balaban J connectivity index is 2.10. The number of rotatable bonds is 2. The van der Waals surface area contributed by atoms with Gasteiger partial charge < -0.3 is 0 Å². The van der Waals surface area contributed by atoms with Gasteiger partial charge in [0.05, 0.1) is 0 Å². The summed E-state index contributed by atoms with van der Waals surface area (Å²) in [4.78, 5) is 0. The molecule has 88 valence electrons. The monoisotopic (exact) mass is 255 g/mol. The highest BCUT2D eigenvalue weighted by molar-refractivity contribution is 6.30. The SMILES string of the molecule is Clc1ccc(-c2n[nH]nc2-c2ccccc2)cc1. The third-order valence-electron chi connectivity index (χ3n) is 2.71. The van der Waals surface area contributed by atoms with E-state index >= 15 is 0 Å². The van der Waals surface area contributed by atoms with Gasteiger partial charge in [-0.25, -0.2) is 0 Å². The Hall–Kier alpha value is -2.13. The van der Waals surface area contributed by atoms with Gasteiger partial charge >= 0.3 is 0 Å². The van der Waals surface area contributed by atoms with Crippen LogP contribution in [-0.2, 0) is 0 Å². The number of aromatic nitrogens is 3. The summed E-state index contributed by atoms with van der Waals surface area (Å²) in [5.74, 6) is 0. The average Bonchev–Trinajstić information content (AvgIpc) is 2.90. The lowest BCUT2D eigenvalue weighted by Gasteiger charge is -2.01. The summed E-state index contributed by atoms with van der Waals surface area (Å²) in [7, 11) is 0. The summed E-state index contributed by atoms with van der Waals surface area (Å²) in [6.07, 6.45) is 0. The van der Waals surface area contributed by atoms with Crippen molar-refractivity contribution in [2.24, 2.45) is 0 Å². The normalized spacial score (nSPS) is 10.5. The molecule has 2 aromatic carbocycles. The third-order valence-corrected chi connectivity index (χ3v) is 2.96. The Bertz CT molecular complexity index is 644. The van der Waals surface area contributed by atoms with E-state index in [0.717, 1.165) is 22.5 Å². The smallest absolute Gasteiger partial charge is 0.120 e. The number of halogens is 1. The van der Waals surface area contributed by atoms with Gasteiger partial charge in [-0.05, 0) is 12.1 Å². The van der Waals surface area contributed by atoms with Crippen LogP contribution < -0.4 is 0 Å². The van der Waals surface area contributed by atoms with E-state index in [1.807, 2.05) is 54.6 Å². The van der Waals surface area contributed by atoms with Crippen molar-refractivity contribution in [1.29, 1.82) is 0 Å². The maximum Gasteiger partial charge on any atom is 0.120 e. The molecule has 1 N–H and O–H groups in total. The first-order chi connectivity index (χ1) is 8.84. The second-order valence-electron chi connectivity index (χ2n) is 3.89. The molecule has 0 amide bonds. The zero-order valence-corrected chi connectivity index (χ0v) is 10.2. The molecule has 0 spiro atoms. The lowest BCUT2D eigenvalue weighted by atomic mass is 10.1. The van der Waals surface area contributed by atoms with Gasteiger partial charge in [0.25, 0.3) is 0 Å². The minimum absolute atomic E-state index is 0.712. The largest absolute Gasteiger partial charge is 0.197 e. The van der Waals surface area contributed by atoms with Crippen LogP contribution in [0.5, 0.6) is 0 Å². The zero-order chi connectivity index (χ0) is 12.4. The molecule has 0 unspecified atom stereocenters. The van der Waals surface area contributed by atoms with Gasteiger partial charge in [-0.2, -0.15) is 15.4 Å². The van der Waals surface area contributed by atoms with Gasteiger partial charge in [0.15, 0.2) is 0 Å². The van der Waals surface area contributed by atoms with E-state index in [-0.39, 0.29) is 0 Å². The van der Waals surface area contributed by atoms with Crippen molar-refractivity contribution >= 4 is 11.6 Å². The van der Waals surface area contributed by atoms with E-state index < -0.39 is 0 Å². The Morgan fingerprint density at radius 1 is 0.722 bits per heavy atom. The van der Waals surface area contributed by atoms with Crippen molar-refractivity contribution in [1.82, 2.24) is 15.4 Å². The molecule has 1 aromatic heterocycles. The number of benzene rings is 2. The van der Waals surface area contributed by atoms with E-state index in [0.29, 0.717) is 5.02 Å². The number of hydrogen-bond acceptors (Lipinski definition) is 2. The molecular formula is C14H10ClN3. The fraction of sp³-hybridized carbons (Fsp3) is 0. The Kier molecular flexibility index (Phi) is 2.82. The molecule has 0 radical (unpaired) electrons. The van der Waals surface area contributed by atoms with Crippen molar-refractivity contribution in [3.8, 4) is 22.5 Å². The summed E-state index contributed by atoms with van der Waals surface area (Å²) in [6.45, 7) is 0. The molecule has 3 rings (SSSR count). The van der Waals surface area contributed by atoms with Crippen molar-refractivity contribution < 1.29 is 0 Å². The van der Waals surface area contributed by atoms with E-state index in [1.165, 1.54) is 0 Å². The average molecular weight is 256 g/mol. The quantitative estimate of drug-likeness (QED) is 0.757. The molecule has 0 saturated heterocycles. The van der Waals surface area contributed by atoms with E-state index in [4.69, 9.17) is 11.6 Å². The van der Waals surface area contributed by atoms with Gasteiger partial charge in [0, 0.05) is 16.1 Å². The van der Waals surface area contributed by atoms with Crippen LogP contribution in [0, 0.1) is 0 Å². The van der Waals surface area contributed by atoms with Gasteiger partial charge in [-0.1, -0.05) is 54.1 Å². The van der Waals surface area contributed by atoms with E-state index in [9.17, 15) is 0 Å². The van der Waals surface area contributed by atoms with Gasteiger partial charge in [-0.3, -0.25) is 0 Å². The highest BCUT2D eigenvalue weighted by Gasteiger charge is 2.11. The molecule has 0 bridgehead atoms. The van der Waals surface area contributed by atoms with Gasteiger partial charge in [0.1, 0.15) is 11.4 Å². The molecule has 3 nitrogen and oxygen atoms in total. The standard InChI is InChI=1S/C14H10ClN3/c15-12-8-6-11(7-9-12)14-13(16-18-17-14)10-4-2-1-3-5-10/h1-9H,(H,16,17,18). The molecule has 0 atom stereocenters. The van der Waals surface area contributed by atoms with E-state index in [2.05, 4.69) is 15.4 Å². The number of aromatic amines is 1. The number of hydrogen-bond donors (Lipinski definition) is 1. The number of nitrogens with one attached hydrogen (secondary N) is 1. The van der Waals surface area contributed by atoms with Crippen LogP contribution in [-0.4, -0.2) is 15.4 Å². The van der Waals surface area contributed by atoms with Gasteiger partial charge in [-0.15, -0.1) is 0 Å². The van der Waals surface area contributed by atoms with Crippen LogP contribution in [0.4, 0.5) is 0 Å². The van der Waals surface area contributed by atoms with Crippen molar-refractivity contribution in [2.45, 2.75) is 0 Å². The molecule has 0 aliphatic rings. The highest BCUT2D eigenvalue weighted by Crippen LogP contribution is 2.28. The van der Waals surface area contributed by atoms with Crippen molar-refractivity contribution in [3.05, 3.63) is 59.6 Å². The van der Waals surface area contributed by atoms with E-state index in [1.54, 1.807) is 0 Å². The van der Waals surface area contributed by atoms with Crippen LogP contribution in [0.15, 0.2) is 54.6 Å². The maximum atomic E-state index is 5.89. The maximum absolute atomic E-state index is 5.89. The van der Waals surface area contributed by atoms with Crippen molar-refractivity contribution in [3.63, 3.8) is 0 Å². The fourth-order valence-corrected chi connectivity index (χ4v) is 1.96. The van der Waals surface area contributed by atoms with Crippen LogP contribution >= 0.6 is 11.6 Å². The van der Waals surface area contributed by atoms with Gasteiger partial charge in [0.2, 0.25) is 0 Å². The molecule has 0 saturated carbocycles. The van der Waals surface area contributed by atoms with Crippen LogP contribution in [0.2, 0.25) is 5.02 Å². The predicted molar refractivity (Wildman–Crippen MR) is 72.3 cm³/mol. The second-order valence-corrected chi connectivity index (χ2v) is 4.33. The van der Waals surface area contributed by atoms with Crippen molar-refractivity contribution in [2.75, 3.05) is 0 Å². The Morgan fingerprint density at radius 3 is 1.89 bits per heavy atom. The fourth-order valence-electron chi connectivity index (χ4n) is 1.84. The summed E-state index contributed by atoms with van der Waals surface area (Å²) < 4.78 is 0. The summed E-state index contributed by atoms with van der Waals surface area (Å²) >= 11 is 5.89. The van der Waals surface area contributed by atoms with Crippen LogP contribution in [0.25, 0.3) is 22.5 Å². The Labute approximate surface area is 109 Å². The Morgan fingerprint density at radius 2 is 1.28 bits per heavy atom. The zero-order valence-electron chi connectivity index (χ0n) is 9.47. The molecule has 1 heterocycles.